The average Bonchev–Trinajstić information content (AvgIpc) is 2.46. The van der Waals surface area contributed by atoms with Crippen molar-refractivity contribution in [2.45, 2.75) is 37.7 Å². The van der Waals surface area contributed by atoms with Gasteiger partial charge in [-0.15, -0.1) is 0 Å². The van der Waals surface area contributed by atoms with Crippen LogP contribution in [-0.4, -0.2) is 24.4 Å². The number of carbonyl (C=O) groups is 1. The second-order valence-corrected chi connectivity index (χ2v) is 4.60. The average molecular weight is 338 g/mol. The van der Waals surface area contributed by atoms with Crippen LogP contribution in [0, 0.1) is 0 Å². The third kappa shape index (κ3) is 6.66. The molecule has 0 aromatic heterocycles. The Labute approximate surface area is 129 Å². The molecule has 0 saturated carbocycles. The Kier molecular flexibility index (Phi) is 6.53. The van der Waals surface area contributed by atoms with Crippen molar-refractivity contribution >= 4 is 5.97 Å². The lowest BCUT2D eigenvalue weighted by Gasteiger charge is -2.21. The van der Waals surface area contributed by atoms with Crippen molar-refractivity contribution < 1.29 is 36.2 Å². The van der Waals surface area contributed by atoms with Crippen LogP contribution in [0.2, 0.25) is 0 Å². The van der Waals surface area contributed by atoms with E-state index in [9.17, 15) is 26.7 Å². The summed E-state index contributed by atoms with van der Waals surface area (Å²) in [6.45, 7) is 2.89. The van der Waals surface area contributed by atoms with Crippen molar-refractivity contribution in [3.63, 3.8) is 0 Å². The molecular formula is C15H15F5O3. The van der Waals surface area contributed by atoms with Crippen LogP contribution in [0.4, 0.5) is 22.0 Å². The monoisotopic (exact) mass is 338 g/mol. The van der Waals surface area contributed by atoms with Crippen molar-refractivity contribution in [1.29, 1.82) is 0 Å². The molecule has 1 atom stereocenters. The number of rotatable bonds is 9. The van der Waals surface area contributed by atoms with Gasteiger partial charge in [-0.2, -0.15) is 17.6 Å². The minimum atomic E-state index is -4.40. The normalized spacial score (nSPS) is 13.3. The van der Waals surface area contributed by atoms with Crippen LogP contribution in [0.1, 0.15) is 19.3 Å². The molecule has 128 valence electrons. The second-order valence-electron chi connectivity index (χ2n) is 4.60. The highest BCUT2D eigenvalue weighted by atomic mass is 19.3. The number of hydrogen-bond donors (Lipinski definition) is 0. The highest BCUT2D eigenvalue weighted by molar-refractivity contribution is 5.81. The molecule has 0 spiro atoms. The maximum atomic E-state index is 13.5. The van der Waals surface area contributed by atoms with Crippen molar-refractivity contribution in [1.82, 2.24) is 0 Å². The highest BCUT2D eigenvalue weighted by Crippen LogP contribution is 2.30. The van der Waals surface area contributed by atoms with Gasteiger partial charge in [-0.1, -0.05) is 24.8 Å². The molecule has 0 saturated heterocycles. The minimum absolute atomic E-state index is 0.0976. The number of para-hydroxylation sites is 1. The molecule has 1 rings (SSSR count). The quantitative estimate of drug-likeness (QED) is 0.378. The SMILES string of the molecule is C=CC(=O)OC(F)(F)C(F)CCCC(F)(F)Oc1ccccc1. The third-order valence-electron chi connectivity index (χ3n) is 2.70. The Morgan fingerprint density at radius 2 is 1.83 bits per heavy atom. The first-order valence-corrected chi connectivity index (χ1v) is 6.65. The maximum Gasteiger partial charge on any atom is 0.432 e. The Bertz CT molecular complexity index is 519. The van der Waals surface area contributed by atoms with Crippen LogP contribution in [-0.2, 0) is 9.53 Å². The summed E-state index contributed by atoms with van der Waals surface area (Å²) in [6.07, 6.45) is -13.0. The third-order valence-corrected chi connectivity index (χ3v) is 2.70. The van der Waals surface area contributed by atoms with Crippen molar-refractivity contribution in [2.75, 3.05) is 0 Å². The van der Waals surface area contributed by atoms with Crippen LogP contribution in [0.5, 0.6) is 5.75 Å². The Morgan fingerprint density at radius 3 is 2.39 bits per heavy atom. The van der Waals surface area contributed by atoms with Gasteiger partial charge in [-0.25, -0.2) is 9.18 Å². The van der Waals surface area contributed by atoms with E-state index in [0.717, 1.165) is 0 Å². The molecule has 0 aliphatic rings. The van der Waals surface area contributed by atoms with Gasteiger partial charge in [0, 0.05) is 6.08 Å². The number of halogens is 5. The molecule has 0 heterocycles. The van der Waals surface area contributed by atoms with Gasteiger partial charge in [0.15, 0.2) is 0 Å². The van der Waals surface area contributed by atoms with E-state index in [0.29, 0.717) is 6.08 Å². The first-order valence-electron chi connectivity index (χ1n) is 6.65. The Morgan fingerprint density at radius 1 is 1.22 bits per heavy atom. The fraction of sp³-hybridized carbons (Fsp3) is 0.400. The van der Waals surface area contributed by atoms with Gasteiger partial charge in [-0.05, 0) is 25.0 Å². The summed E-state index contributed by atoms with van der Waals surface area (Å²) in [5.41, 5.74) is 0. The van der Waals surface area contributed by atoms with Crippen LogP contribution in [0.15, 0.2) is 43.0 Å². The van der Waals surface area contributed by atoms with Crippen LogP contribution < -0.4 is 4.74 Å². The van der Waals surface area contributed by atoms with Crippen molar-refractivity contribution in [3.8, 4) is 5.75 Å². The van der Waals surface area contributed by atoms with Gasteiger partial charge < -0.3 is 9.47 Å². The number of hydrogen-bond acceptors (Lipinski definition) is 3. The highest BCUT2D eigenvalue weighted by Gasteiger charge is 2.44. The topological polar surface area (TPSA) is 35.5 Å². The van der Waals surface area contributed by atoms with Gasteiger partial charge in [0.2, 0.25) is 6.17 Å². The Balaban J connectivity index is 2.45. The Hall–Kier alpha value is -2.12. The van der Waals surface area contributed by atoms with Gasteiger partial charge in [-0.3, -0.25) is 0 Å². The van der Waals surface area contributed by atoms with Gasteiger partial charge in [0.25, 0.3) is 0 Å². The summed E-state index contributed by atoms with van der Waals surface area (Å²) in [5, 5.41) is 0. The largest absolute Gasteiger partial charge is 0.433 e. The van der Waals surface area contributed by atoms with Crippen LogP contribution in [0.25, 0.3) is 0 Å². The first-order chi connectivity index (χ1) is 10.7. The molecule has 1 aromatic carbocycles. The number of alkyl halides is 5. The molecule has 1 aromatic rings. The van der Waals surface area contributed by atoms with Crippen LogP contribution in [0.3, 0.4) is 0 Å². The van der Waals surface area contributed by atoms with Crippen molar-refractivity contribution in [3.05, 3.63) is 43.0 Å². The fourth-order valence-electron chi connectivity index (χ4n) is 1.61. The molecule has 1 unspecified atom stereocenters. The number of esters is 1. The molecule has 0 aliphatic heterocycles. The summed E-state index contributed by atoms with van der Waals surface area (Å²) < 4.78 is 74.5. The summed E-state index contributed by atoms with van der Waals surface area (Å²) in [4.78, 5) is 10.6. The van der Waals surface area contributed by atoms with Gasteiger partial charge in [0.05, 0.1) is 6.42 Å². The second kappa shape index (κ2) is 7.94. The summed E-state index contributed by atoms with van der Waals surface area (Å²) >= 11 is 0. The zero-order valence-corrected chi connectivity index (χ0v) is 12.0. The predicted molar refractivity (Wildman–Crippen MR) is 72.0 cm³/mol. The van der Waals surface area contributed by atoms with E-state index >= 15 is 0 Å². The lowest BCUT2D eigenvalue weighted by molar-refractivity contribution is -0.259. The number of ether oxygens (including phenoxy) is 2. The van der Waals surface area contributed by atoms with Crippen LogP contribution >= 0.6 is 0 Å². The minimum Gasteiger partial charge on any atom is -0.433 e. The lowest BCUT2D eigenvalue weighted by atomic mass is 10.1. The predicted octanol–water partition coefficient (Wildman–Crippen LogP) is 4.49. The molecular weight excluding hydrogens is 323 g/mol. The summed E-state index contributed by atoms with van der Waals surface area (Å²) in [7, 11) is 0. The smallest absolute Gasteiger partial charge is 0.432 e. The molecule has 0 fully saturated rings. The summed E-state index contributed by atoms with van der Waals surface area (Å²) in [6, 6.07) is 7.17. The first kappa shape index (κ1) is 18.9. The molecule has 0 bridgehead atoms. The molecule has 3 nitrogen and oxygen atoms in total. The molecule has 0 aliphatic carbocycles. The molecule has 8 heteroatoms. The zero-order valence-electron chi connectivity index (χ0n) is 12.0. The van der Waals surface area contributed by atoms with E-state index in [1.807, 2.05) is 0 Å². The lowest BCUT2D eigenvalue weighted by Crippen LogP contribution is -2.35. The van der Waals surface area contributed by atoms with Gasteiger partial charge in [0.1, 0.15) is 5.75 Å². The molecule has 0 radical (unpaired) electrons. The number of benzene rings is 1. The van der Waals surface area contributed by atoms with E-state index in [1.54, 1.807) is 6.07 Å². The molecule has 0 amide bonds. The zero-order chi connectivity index (χ0) is 17.5. The summed E-state index contributed by atoms with van der Waals surface area (Å²) in [5.74, 6) is -1.60. The van der Waals surface area contributed by atoms with E-state index in [2.05, 4.69) is 16.1 Å². The van der Waals surface area contributed by atoms with E-state index in [-0.39, 0.29) is 5.75 Å². The maximum absolute atomic E-state index is 13.5. The standard InChI is InChI=1S/C15H15F5O3/c1-2-13(21)23-15(19,20)12(16)9-6-10-14(17,18)22-11-7-4-3-5-8-11/h2-5,7-8,12H,1,6,9-10H2. The van der Waals surface area contributed by atoms with E-state index < -0.39 is 43.6 Å². The fourth-order valence-corrected chi connectivity index (χ4v) is 1.61. The van der Waals surface area contributed by atoms with Crippen molar-refractivity contribution in [2.24, 2.45) is 0 Å². The number of carbonyl (C=O) groups excluding carboxylic acids is 1. The van der Waals surface area contributed by atoms with E-state index in [4.69, 9.17) is 0 Å². The molecule has 0 N–H and O–H groups in total. The van der Waals surface area contributed by atoms with Gasteiger partial charge >= 0.3 is 18.2 Å². The van der Waals surface area contributed by atoms with E-state index in [1.165, 1.54) is 24.3 Å². The molecule has 23 heavy (non-hydrogen) atoms.